The van der Waals surface area contributed by atoms with E-state index in [9.17, 15) is 4.79 Å². The normalized spacial score (nSPS) is 10.5. The summed E-state index contributed by atoms with van der Waals surface area (Å²) in [6.07, 6.45) is 2.11. The summed E-state index contributed by atoms with van der Waals surface area (Å²) < 4.78 is 2.39. The zero-order chi connectivity index (χ0) is 12.4. The third kappa shape index (κ3) is 2.96. The summed E-state index contributed by atoms with van der Waals surface area (Å²) in [5.74, 6) is 0.0206. The number of ketones is 1. The van der Waals surface area contributed by atoms with Crippen LogP contribution < -0.4 is 0 Å². The lowest BCUT2D eigenvalue weighted by molar-refractivity contribution is 0.0991. The molecule has 0 aliphatic rings. The van der Waals surface area contributed by atoms with Gasteiger partial charge in [0.2, 0.25) is 0 Å². The van der Waals surface area contributed by atoms with Crippen molar-refractivity contribution >= 4 is 33.3 Å². The van der Waals surface area contributed by atoms with Gasteiger partial charge in [-0.25, -0.2) is 0 Å². The topological polar surface area (TPSA) is 34.9 Å². The second-order valence-corrected chi connectivity index (χ2v) is 5.00. The smallest absolute Gasteiger partial charge is 0.170 e. The van der Waals surface area contributed by atoms with Gasteiger partial charge in [-0.05, 0) is 40.2 Å². The molecule has 2 rings (SSSR count). The first kappa shape index (κ1) is 12.3. The van der Waals surface area contributed by atoms with E-state index in [2.05, 4.69) is 21.0 Å². The van der Waals surface area contributed by atoms with Gasteiger partial charge in [-0.1, -0.05) is 11.6 Å². The number of hydrogen-bond donors (Lipinski definition) is 0. The monoisotopic (exact) mass is 312 g/mol. The van der Waals surface area contributed by atoms with Crippen molar-refractivity contribution in [1.82, 2.24) is 9.78 Å². The number of benzene rings is 1. The van der Waals surface area contributed by atoms with Crippen LogP contribution in [0.3, 0.4) is 0 Å². The maximum Gasteiger partial charge on any atom is 0.170 e. The van der Waals surface area contributed by atoms with Gasteiger partial charge in [0.15, 0.2) is 5.78 Å². The molecule has 0 unspecified atom stereocenters. The summed E-state index contributed by atoms with van der Waals surface area (Å²) in [6.45, 7) is 0. The molecule has 0 bridgehead atoms. The molecule has 2 aromatic rings. The molecule has 0 spiro atoms. The SMILES string of the molecule is Cn1ccc(CC(=O)c2ccc(Cl)cc2Br)n1. The van der Waals surface area contributed by atoms with Gasteiger partial charge in [0.1, 0.15) is 0 Å². The predicted molar refractivity (Wildman–Crippen MR) is 70.4 cm³/mol. The fraction of sp³-hybridized carbons (Fsp3) is 0.167. The Morgan fingerprint density at radius 3 is 2.82 bits per heavy atom. The molecule has 0 N–H and O–H groups in total. The standard InChI is InChI=1S/C12H10BrClN2O/c1-16-5-4-9(15-16)7-12(17)10-3-2-8(14)6-11(10)13/h2-6H,7H2,1H3. The molecule has 0 saturated heterocycles. The molecule has 0 aliphatic heterocycles. The van der Waals surface area contributed by atoms with Crippen LogP contribution in [0.1, 0.15) is 16.1 Å². The highest BCUT2D eigenvalue weighted by atomic mass is 79.9. The van der Waals surface area contributed by atoms with Crippen molar-refractivity contribution in [3.63, 3.8) is 0 Å². The second kappa shape index (κ2) is 5.02. The Balaban J connectivity index is 2.20. The first-order chi connectivity index (χ1) is 8.06. The number of carbonyl (C=O) groups excluding carboxylic acids is 1. The van der Waals surface area contributed by atoms with E-state index in [-0.39, 0.29) is 5.78 Å². The average molecular weight is 314 g/mol. The lowest BCUT2D eigenvalue weighted by Gasteiger charge is -2.02. The molecular formula is C12H10BrClN2O. The Hall–Kier alpha value is -1.13. The van der Waals surface area contributed by atoms with Gasteiger partial charge in [-0.2, -0.15) is 5.10 Å². The van der Waals surface area contributed by atoms with Crippen LogP contribution in [0.4, 0.5) is 0 Å². The molecular weight excluding hydrogens is 304 g/mol. The second-order valence-electron chi connectivity index (χ2n) is 3.70. The van der Waals surface area contributed by atoms with E-state index in [0.29, 0.717) is 21.5 Å². The predicted octanol–water partition coefficient (Wildman–Crippen LogP) is 3.26. The molecule has 5 heteroatoms. The lowest BCUT2D eigenvalue weighted by atomic mass is 10.1. The molecule has 0 saturated carbocycles. The van der Waals surface area contributed by atoms with E-state index in [1.165, 1.54) is 0 Å². The Morgan fingerprint density at radius 2 is 2.24 bits per heavy atom. The molecule has 1 aromatic heterocycles. The number of hydrogen-bond acceptors (Lipinski definition) is 2. The summed E-state index contributed by atoms with van der Waals surface area (Å²) in [5.41, 5.74) is 1.39. The lowest BCUT2D eigenvalue weighted by Crippen LogP contribution is -2.05. The molecule has 1 heterocycles. The number of nitrogens with zero attached hydrogens (tertiary/aromatic N) is 2. The van der Waals surface area contributed by atoms with Crippen molar-refractivity contribution in [1.29, 1.82) is 0 Å². The van der Waals surface area contributed by atoms with Crippen LogP contribution >= 0.6 is 27.5 Å². The quantitative estimate of drug-likeness (QED) is 0.815. The minimum atomic E-state index is 0.0206. The molecule has 0 aliphatic carbocycles. The van der Waals surface area contributed by atoms with Crippen molar-refractivity contribution in [2.45, 2.75) is 6.42 Å². The van der Waals surface area contributed by atoms with Crippen LogP contribution in [0.2, 0.25) is 5.02 Å². The summed E-state index contributed by atoms with van der Waals surface area (Å²) in [5, 5.41) is 4.78. The third-order valence-corrected chi connectivity index (χ3v) is 3.23. The maximum atomic E-state index is 12.0. The van der Waals surface area contributed by atoms with Crippen molar-refractivity contribution in [3.05, 3.63) is 51.2 Å². The molecule has 0 atom stereocenters. The first-order valence-corrected chi connectivity index (χ1v) is 6.20. The Morgan fingerprint density at radius 1 is 1.47 bits per heavy atom. The van der Waals surface area contributed by atoms with Gasteiger partial charge in [0, 0.05) is 28.3 Å². The summed E-state index contributed by atoms with van der Waals surface area (Å²) in [6, 6.07) is 6.98. The fourth-order valence-corrected chi connectivity index (χ4v) is 2.44. The summed E-state index contributed by atoms with van der Waals surface area (Å²) in [7, 11) is 1.83. The third-order valence-electron chi connectivity index (χ3n) is 2.34. The van der Waals surface area contributed by atoms with Gasteiger partial charge in [-0.15, -0.1) is 0 Å². The molecule has 88 valence electrons. The van der Waals surface area contributed by atoms with Crippen LogP contribution in [-0.4, -0.2) is 15.6 Å². The highest BCUT2D eigenvalue weighted by Crippen LogP contribution is 2.22. The van der Waals surface area contributed by atoms with Crippen LogP contribution in [0.25, 0.3) is 0 Å². The number of Topliss-reactive ketones (excluding diaryl/α,β-unsaturated/α-hetero) is 1. The van der Waals surface area contributed by atoms with Gasteiger partial charge in [0.05, 0.1) is 12.1 Å². The number of aryl methyl sites for hydroxylation is 1. The Bertz CT molecular complexity index is 565. The van der Waals surface area contributed by atoms with Gasteiger partial charge >= 0.3 is 0 Å². The van der Waals surface area contributed by atoms with Gasteiger partial charge in [-0.3, -0.25) is 9.48 Å². The van der Waals surface area contributed by atoms with E-state index in [0.717, 1.165) is 5.69 Å². The maximum absolute atomic E-state index is 12.0. The number of rotatable bonds is 3. The van der Waals surface area contributed by atoms with Crippen LogP contribution in [-0.2, 0) is 13.5 Å². The minimum Gasteiger partial charge on any atom is -0.294 e. The van der Waals surface area contributed by atoms with Crippen molar-refractivity contribution in [3.8, 4) is 0 Å². The number of halogens is 2. The van der Waals surface area contributed by atoms with E-state index in [1.54, 1.807) is 22.9 Å². The molecule has 0 amide bonds. The highest BCUT2D eigenvalue weighted by Gasteiger charge is 2.12. The van der Waals surface area contributed by atoms with Gasteiger partial charge < -0.3 is 0 Å². The zero-order valence-electron chi connectivity index (χ0n) is 9.15. The Kier molecular flexibility index (Phi) is 3.64. The summed E-state index contributed by atoms with van der Waals surface area (Å²) >= 11 is 9.16. The summed E-state index contributed by atoms with van der Waals surface area (Å²) in [4.78, 5) is 12.0. The van der Waals surface area contributed by atoms with Crippen LogP contribution in [0.5, 0.6) is 0 Å². The van der Waals surface area contributed by atoms with E-state index < -0.39 is 0 Å². The average Bonchev–Trinajstić information content (AvgIpc) is 2.63. The molecule has 0 radical (unpaired) electrons. The highest BCUT2D eigenvalue weighted by molar-refractivity contribution is 9.10. The van der Waals surface area contributed by atoms with E-state index in [4.69, 9.17) is 11.6 Å². The Labute approximate surface area is 113 Å². The van der Waals surface area contributed by atoms with E-state index >= 15 is 0 Å². The minimum absolute atomic E-state index is 0.0206. The zero-order valence-corrected chi connectivity index (χ0v) is 11.5. The van der Waals surface area contributed by atoms with Crippen molar-refractivity contribution < 1.29 is 4.79 Å². The number of carbonyl (C=O) groups is 1. The van der Waals surface area contributed by atoms with Crippen molar-refractivity contribution in [2.75, 3.05) is 0 Å². The molecule has 0 fully saturated rings. The number of aromatic nitrogens is 2. The first-order valence-electron chi connectivity index (χ1n) is 5.03. The fourth-order valence-electron chi connectivity index (χ4n) is 1.53. The molecule has 1 aromatic carbocycles. The molecule has 17 heavy (non-hydrogen) atoms. The van der Waals surface area contributed by atoms with Crippen LogP contribution in [0.15, 0.2) is 34.9 Å². The molecule has 3 nitrogen and oxygen atoms in total. The van der Waals surface area contributed by atoms with Crippen LogP contribution in [0, 0.1) is 0 Å². The van der Waals surface area contributed by atoms with Gasteiger partial charge in [0.25, 0.3) is 0 Å². The van der Waals surface area contributed by atoms with E-state index in [1.807, 2.05) is 19.3 Å². The largest absolute Gasteiger partial charge is 0.294 e. The van der Waals surface area contributed by atoms with Crippen molar-refractivity contribution in [2.24, 2.45) is 7.05 Å².